The van der Waals surface area contributed by atoms with Gasteiger partial charge in [-0.1, -0.05) is 24.3 Å². The Morgan fingerprint density at radius 1 is 1.15 bits per heavy atom. The summed E-state index contributed by atoms with van der Waals surface area (Å²) in [6.45, 7) is 1.74. The number of fused-ring (bicyclic) bond motifs is 4. The number of halogens is 1. The minimum absolute atomic E-state index is 0.00985. The molecule has 40 heavy (non-hydrogen) atoms. The highest BCUT2D eigenvalue weighted by Gasteiger charge is 2.47. The molecular weight excluding hydrogens is 541 g/mol. The van der Waals surface area contributed by atoms with Crippen molar-refractivity contribution in [2.45, 2.75) is 35.9 Å². The van der Waals surface area contributed by atoms with Gasteiger partial charge in [0.05, 0.1) is 25.9 Å². The number of amides is 1. The first-order chi connectivity index (χ1) is 19.4. The highest BCUT2D eigenvalue weighted by atomic mass is 32.2. The van der Waals surface area contributed by atoms with Gasteiger partial charge in [0.2, 0.25) is 18.0 Å². The van der Waals surface area contributed by atoms with E-state index in [0.29, 0.717) is 5.75 Å². The standard InChI is InChI=1S/C28H26FN3O7S/c1-16-12-30-23(13-37-16)32(31-10-9-21(33)26(25(31)27(30)34)38-15-39-28(35)36-2)24-19-8-7-18(29)11-17(19)14-40-22-6-4-3-5-20(22)24/h3-11,16,23-24H,12-15H2,1-2H3/t16-,23+,24-/m0/s1. The summed E-state index contributed by atoms with van der Waals surface area (Å²) >= 11 is 1.61. The Kier molecular flexibility index (Phi) is 6.88. The van der Waals surface area contributed by atoms with E-state index in [4.69, 9.17) is 14.2 Å². The lowest BCUT2D eigenvalue weighted by Crippen LogP contribution is -2.67. The molecule has 0 N–H and O–H groups in total. The summed E-state index contributed by atoms with van der Waals surface area (Å²) in [5.41, 5.74) is 2.10. The summed E-state index contributed by atoms with van der Waals surface area (Å²) in [6.07, 6.45) is -0.245. The van der Waals surface area contributed by atoms with Crippen molar-refractivity contribution >= 4 is 23.8 Å². The Labute approximate surface area is 233 Å². The minimum Gasteiger partial charge on any atom is -0.451 e. The average molecular weight is 568 g/mol. The Balaban J connectivity index is 1.56. The number of pyridine rings is 1. The number of benzene rings is 2. The molecule has 3 aliphatic rings. The molecule has 0 radical (unpaired) electrons. The van der Waals surface area contributed by atoms with Crippen LogP contribution in [0.15, 0.2) is 64.4 Å². The third-order valence-corrected chi connectivity index (χ3v) is 8.34. The third kappa shape index (κ3) is 4.46. The van der Waals surface area contributed by atoms with Crippen molar-refractivity contribution in [1.29, 1.82) is 0 Å². The summed E-state index contributed by atoms with van der Waals surface area (Å²) in [5.74, 6) is -0.446. The summed E-state index contributed by atoms with van der Waals surface area (Å²) in [5, 5.41) is 1.98. The molecule has 0 spiro atoms. The predicted molar refractivity (Wildman–Crippen MR) is 142 cm³/mol. The molecule has 10 nitrogen and oxygen atoms in total. The molecule has 0 aliphatic carbocycles. The lowest BCUT2D eigenvalue weighted by Gasteiger charge is -2.52. The number of carbonyl (C=O) groups excluding carboxylic acids is 2. The van der Waals surface area contributed by atoms with Crippen LogP contribution in [-0.4, -0.2) is 61.0 Å². The maximum absolute atomic E-state index is 14.4. The molecule has 1 aromatic heterocycles. The van der Waals surface area contributed by atoms with Crippen LogP contribution in [-0.2, 0) is 20.0 Å². The number of thioether (sulfide) groups is 1. The van der Waals surface area contributed by atoms with Gasteiger partial charge >= 0.3 is 6.16 Å². The van der Waals surface area contributed by atoms with Gasteiger partial charge in [0, 0.05) is 29.5 Å². The van der Waals surface area contributed by atoms with E-state index in [1.807, 2.05) is 36.2 Å². The fraction of sp³-hybridized carbons (Fsp3) is 0.321. The Morgan fingerprint density at radius 2 is 1.98 bits per heavy atom. The predicted octanol–water partition coefficient (Wildman–Crippen LogP) is 3.64. The number of methoxy groups -OCH3 is 1. The molecule has 6 rings (SSSR count). The molecule has 208 valence electrons. The van der Waals surface area contributed by atoms with Crippen LogP contribution < -0.4 is 15.2 Å². The summed E-state index contributed by atoms with van der Waals surface area (Å²) in [6, 6.07) is 13.5. The molecule has 0 saturated carbocycles. The lowest BCUT2D eigenvalue weighted by molar-refractivity contribution is -0.0580. The van der Waals surface area contributed by atoms with Gasteiger partial charge in [0.1, 0.15) is 12.0 Å². The van der Waals surface area contributed by atoms with Gasteiger partial charge in [-0.3, -0.25) is 19.3 Å². The Morgan fingerprint density at radius 3 is 2.80 bits per heavy atom. The molecule has 0 bridgehead atoms. The van der Waals surface area contributed by atoms with Gasteiger partial charge in [0.15, 0.2) is 5.69 Å². The first-order valence-corrected chi connectivity index (χ1v) is 13.7. The van der Waals surface area contributed by atoms with Gasteiger partial charge in [-0.05, 0) is 41.8 Å². The highest BCUT2D eigenvalue weighted by Crippen LogP contribution is 2.44. The molecule has 2 aromatic carbocycles. The first kappa shape index (κ1) is 26.2. The Hall–Kier alpha value is -4.03. The van der Waals surface area contributed by atoms with E-state index in [1.54, 1.807) is 33.5 Å². The molecule has 3 atom stereocenters. The van der Waals surface area contributed by atoms with Gasteiger partial charge in [-0.15, -0.1) is 11.8 Å². The average Bonchev–Trinajstić information content (AvgIpc) is 3.11. The smallest absolute Gasteiger partial charge is 0.451 e. The number of carbonyl (C=O) groups is 2. The van der Waals surface area contributed by atoms with E-state index >= 15 is 0 Å². The second-order valence-electron chi connectivity index (χ2n) is 9.60. The van der Waals surface area contributed by atoms with E-state index in [1.165, 1.54) is 18.3 Å². The van der Waals surface area contributed by atoms with E-state index in [-0.39, 0.29) is 36.5 Å². The van der Waals surface area contributed by atoms with Crippen LogP contribution in [0.1, 0.15) is 40.1 Å². The third-order valence-electron chi connectivity index (χ3n) is 7.20. The van der Waals surface area contributed by atoms with Crippen molar-refractivity contribution in [3.63, 3.8) is 0 Å². The van der Waals surface area contributed by atoms with E-state index in [2.05, 4.69) is 4.74 Å². The van der Waals surface area contributed by atoms with Crippen LogP contribution >= 0.6 is 11.8 Å². The molecule has 3 aromatic rings. The summed E-state index contributed by atoms with van der Waals surface area (Å²) < 4.78 is 37.0. The first-order valence-electron chi connectivity index (χ1n) is 12.7. The SMILES string of the molecule is COC(=O)OCOc1c2n(ccc1=O)N([C@H]1c3ccc(F)cc3CSc3ccccc31)[C@@H]1CO[C@@H](C)CN1C2=O. The van der Waals surface area contributed by atoms with E-state index in [0.717, 1.165) is 28.7 Å². The van der Waals surface area contributed by atoms with Gasteiger partial charge in [-0.2, -0.15) is 0 Å². The van der Waals surface area contributed by atoms with Crippen molar-refractivity contribution in [3.05, 3.63) is 93.2 Å². The molecule has 1 amide bonds. The quantitative estimate of drug-likeness (QED) is 0.346. The number of morpholine rings is 1. The fourth-order valence-corrected chi connectivity index (χ4v) is 6.53. The molecule has 1 saturated heterocycles. The topological polar surface area (TPSA) is 99.5 Å². The van der Waals surface area contributed by atoms with Crippen LogP contribution in [0.2, 0.25) is 0 Å². The van der Waals surface area contributed by atoms with Gasteiger partial charge in [-0.25, -0.2) is 9.18 Å². The second-order valence-corrected chi connectivity index (χ2v) is 10.6. The number of rotatable bonds is 4. The number of aromatic nitrogens is 1. The number of hydrogen-bond donors (Lipinski definition) is 0. The van der Waals surface area contributed by atoms with Crippen molar-refractivity contribution < 1.29 is 32.9 Å². The van der Waals surface area contributed by atoms with Gasteiger partial charge in [0.25, 0.3) is 5.91 Å². The number of ether oxygens (including phenoxy) is 4. The number of hydrogen-bond acceptors (Lipinski definition) is 9. The maximum Gasteiger partial charge on any atom is 0.510 e. The van der Waals surface area contributed by atoms with Crippen molar-refractivity contribution in [2.24, 2.45) is 0 Å². The fourth-order valence-electron chi connectivity index (χ4n) is 5.45. The number of nitrogens with zero attached hydrogens (tertiary/aromatic N) is 3. The monoisotopic (exact) mass is 567 g/mol. The summed E-state index contributed by atoms with van der Waals surface area (Å²) in [4.78, 5) is 41.1. The van der Waals surface area contributed by atoms with Gasteiger partial charge < -0.3 is 23.8 Å². The zero-order chi connectivity index (χ0) is 28.0. The van der Waals surface area contributed by atoms with Crippen molar-refractivity contribution in [2.75, 3.05) is 32.1 Å². The summed E-state index contributed by atoms with van der Waals surface area (Å²) in [7, 11) is 1.15. The van der Waals surface area contributed by atoms with Crippen LogP contribution in [0.25, 0.3) is 0 Å². The lowest BCUT2D eigenvalue weighted by atomic mass is 9.93. The maximum atomic E-state index is 14.4. The molecule has 1 fully saturated rings. The minimum atomic E-state index is -0.990. The zero-order valence-electron chi connectivity index (χ0n) is 21.7. The second kappa shape index (κ2) is 10.5. The highest BCUT2D eigenvalue weighted by molar-refractivity contribution is 7.98. The van der Waals surface area contributed by atoms with Crippen molar-refractivity contribution in [1.82, 2.24) is 9.58 Å². The normalized spacial score (nSPS) is 21.4. The van der Waals surface area contributed by atoms with Crippen LogP contribution in [0.5, 0.6) is 5.75 Å². The zero-order valence-corrected chi connectivity index (χ0v) is 22.6. The van der Waals surface area contributed by atoms with Crippen molar-refractivity contribution in [3.8, 4) is 5.75 Å². The molecule has 12 heteroatoms. The largest absolute Gasteiger partial charge is 0.510 e. The Bertz CT molecular complexity index is 1550. The van der Waals surface area contributed by atoms with Crippen LogP contribution in [0.4, 0.5) is 9.18 Å². The van der Waals surface area contributed by atoms with E-state index < -0.39 is 36.5 Å². The molecular formula is C28H26FN3O7S. The van der Waals surface area contributed by atoms with Crippen LogP contribution in [0.3, 0.4) is 0 Å². The molecule has 3 aliphatic heterocycles. The van der Waals surface area contributed by atoms with Crippen LogP contribution in [0, 0.1) is 5.82 Å². The molecule has 0 unspecified atom stereocenters. The molecule has 4 heterocycles. The van der Waals surface area contributed by atoms with E-state index in [9.17, 15) is 18.8 Å².